The standard InChI is InChI=1S/C11H16N2O3/c1-2-8(7-14)12-11(16)13-9-5-3-4-6-10(9)15/h3-6,8,14-15H,2,7H2,1H3,(H2,12,13,16). The third kappa shape index (κ3) is 3.43. The Hall–Kier alpha value is -1.75. The van der Waals surface area contributed by atoms with Crippen LogP contribution in [0.4, 0.5) is 10.5 Å². The summed E-state index contributed by atoms with van der Waals surface area (Å²) in [5, 5.41) is 23.4. The number of phenolic OH excluding ortho intramolecular Hbond substituents is 1. The number of hydrogen-bond donors (Lipinski definition) is 4. The molecule has 0 spiro atoms. The van der Waals surface area contributed by atoms with E-state index in [0.717, 1.165) is 0 Å². The van der Waals surface area contributed by atoms with Gasteiger partial charge in [-0.1, -0.05) is 19.1 Å². The number of urea groups is 1. The second-order valence-electron chi connectivity index (χ2n) is 3.40. The van der Waals surface area contributed by atoms with Crippen LogP contribution in [0.1, 0.15) is 13.3 Å². The number of carbonyl (C=O) groups is 1. The third-order valence-electron chi connectivity index (χ3n) is 2.20. The Bertz CT molecular complexity index is 351. The lowest BCUT2D eigenvalue weighted by Crippen LogP contribution is -2.39. The van der Waals surface area contributed by atoms with E-state index in [1.54, 1.807) is 18.2 Å². The van der Waals surface area contributed by atoms with Gasteiger partial charge in [0.1, 0.15) is 5.75 Å². The normalized spacial score (nSPS) is 11.9. The van der Waals surface area contributed by atoms with Gasteiger partial charge in [-0.3, -0.25) is 0 Å². The summed E-state index contributed by atoms with van der Waals surface area (Å²) in [5.74, 6) is 0.00898. The number of aliphatic hydroxyl groups is 1. The summed E-state index contributed by atoms with van der Waals surface area (Å²) in [5.41, 5.74) is 0.341. The average molecular weight is 224 g/mol. The minimum absolute atomic E-state index is 0.00898. The van der Waals surface area contributed by atoms with Crippen LogP contribution in [0.3, 0.4) is 0 Å². The predicted octanol–water partition coefficient (Wildman–Crippen LogP) is 1.28. The maximum atomic E-state index is 11.4. The zero-order chi connectivity index (χ0) is 12.0. The number of anilines is 1. The van der Waals surface area contributed by atoms with Crippen molar-refractivity contribution in [3.63, 3.8) is 0 Å². The molecule has 0 aromatic heterocycles. The number of rotatable bonds is 4. The fourth-order valence-electron chi connectivity index (χ4n) is 1.20. The van der Waals surface area contributed by atoms with Gasteiger partial charge in [0.15, 0.2) is 0 Å². The number of amides is 2. The lowest BCUT2D eigenvalue weighted by Gasteiger charge is -2.15. The summed E-state index contributed by atoms with van der Waals surface area (Å²) in [7, 11) is 0. The molecule has 1 aromatic carbocycles. The van der Waals surface area contributed by atoms with Crippen molar-refractivity contribution in [3.05, 3.63) is 24.3 Å². The topological polar surface area (TPSA) is 81.6 Å². The van der Waals surface area contributed by atoms with Crippen molar-refractivity contribution in [1.29, 1.82) is 0 Å². The van der Waals surface area contributed by atoms with Crippen LogP contribution in [0.15, 0.2) is 24.3 Å². The quantitative estimate of drug-likeness (QED) is 0.581. The molecule has 0 fully saturated rings. The van der Waals surface area contributed by atoms with Crippen molar-refractivity contribution in [2.45, 2.75) is 19.4 Å². The Labute approximate surface area is 94.1 Å². The van der Waals surface area contributed by atoms with Gasteiger partial charge in [-0.25, -0.2) is 4.79 Å². The van der Waals surface area contributed by atoms with Crippen LogP contribution in [-0.4, -0.2) is 28.9 Å². The summed E-state index contributed by atoms with van der Waals surface area (Å²) in [6, 6.07) is 5.74. The fraction of sp³-hybridized carbons (Fsp3) is 0.364. The van der Waals surface area contributed by atoms with Crippen molar-refractivity contribution in [1.82, 2.24) is 5.32 Å². The van der Waals surface area contributed by atoms with Gasteiger partial charge >= 0.3 is 6.03 Å². The smallest absolute Gasteiger partial charge is 0.319 e. The zero-order valence-corrected chi connectivity index (χ0v) is 9.10. The van der Waals surface area contributed by atoms with Crippen LogP contribution >= 0.6 is 0 Å². The molecule has 0 saturated heterocycles. The molecule has 0 aliphatic rings. The third-order valence-corrected chi connectivity index (χ3v) is 2.20. The van der Waals surface area contributed by atoms with E-state index in [2.05, 4.69) is 10.6 Å². The molecule has 1 unspecified atom stereocenters. The maximum Gasteiger partial charge on any atom is 0.319 e. The van der Waals surface area contributed by atoms with E-state index in [4.69, 9.17) is 5.11 Å². The summed E-state index contributed by atoms with van der Waals surface area (Å²) in [6.07, 6.45) is 0.644. The van der Waals surface area contributed by atoms with Crippen LogP contribution in [0.2, 0.25) is 0 Å². The molecule has 5 nitrogen and oxygen atoms in total. The summed E-state index contributed by atoms with van der Waals surface area (Å²) in [6.45, 7) is 1.76. The van der Waals surface area contributed by atoms with Crippen molar-refractivity contribution >= 4 is 11.7 Å². The predicted molar refractivity (Wildman–Crippen MR) is 61.4 cm³/mol. The maximum absolute atomic E-state index is 11.4. The highest BCUT2D eigenvalue weighted by Gasteiger charge is 2.10. The highest BCUT2D eigenvalue weighted by Crippen LogP contribution is 2.21. The minimum Gasteiger partial charge on any atom is -0.506 e. The van der Waals surface area contributed by atoms with Gasteiger partial charge in [0.25, 0.3) is 0 Å². The highest BCUT2D eigenvalue weighted by molar-refractivity contribution is 5.90. The lowest BCUT2D eigenvalue weighted by molar-refractivity contribution is 0.222. The molecule has 0 aliphatic carbocycles. The van der Waals surface area contributed by atoms with E-state index in [1.165, 1.54) is 6.07 Å². The molecular formula is C11H16N2O3. The van der Waals surface area contributed by atoms with Crippen LogP contribution in [0, 0.1) is 0 Å². The van der Waals surface area contributed by atoms with E-state index >= 15 is 0 Å². The lowest BCUT2D eigenvalue weighted by atomic mass is 10.2. The molecule has 1 aromatic rings. The Morgan fingerprint density at radius 3 is 2.69 bits per heavy atom. The first-order chi connectivity index (χ1) is 7.67. The number of para-hydroxylation sites is 2. The Balaban J connectivity index is 2.55. The molecule has 1 atom stereocenters. The largest absolute Gasteiger partial charge is 0.506 e. The molecule has 5 heteroatoms. The second kappa shape index (κ2) is 5.97. The molecule has 0 heterocycles. The van der Waals surface area contributed by atoms with Gasteiger partial charge < -0.3 is 20.8 Å². The van der Waals surface area contributed by atoms with Gasteiger partial charge in [0, 0.05) is 0 Å². The Morgan fingerprint density at radius 1 is 1.44 bits per heavy atom. The van der Waals surface area contributed by atoms with E-state index in [9.17, 15) is 9.90 Å². The number of benzene rings is 1. The van der Waals surface area contributed by atoms with Crippen LogP contribution in [-0.2, 0) is 0 Å². The molecule has 0 saturated carbocycles. The molecule has 0 aliphatic heterocycles. The number of hydrogen-bond acceptors (Lipinski definition) is 3. The highest BCUT2D eigenvalue weighted by atomic mass is 16.3. The van der Waals surface area contributed by atoms with Crippen LogP contribution < -0.4 is 10.6 Å². The second-order valence-corrected chi connectivity index (χ2v) is 3.40. The minimum atomic E-state index is -0.442. The first kappa shape index (κ1) is 12.3. The summed E-state index contributed by atoms with van der Waals surface area (Å²) < 4.78 is 0. The Kier molecular flexibility index (Phi) is 4.60. The number of aromatic hydroxyl groups is 1. The Morgan fingerprint density at radius 2 is 2.12 bits per heavy atom. The molecule has 88 valence electrons. The van der Waals surface area contributed by atoms with Gasteiger partial charge in [-0.15, -0.1) is 0 Å². The van der Waals surface area contributed by atoms with Gasteiger partial charge in [-0.05, 0) is 18.6 Å². The molecule has 0 radical (unpaired) electrons. The number of phenols is 1. The zero-order valence-electron chi connectivity index (χ0n) is 9.10. The molecule has 2 amide bonds. The number of nitrogens with one attached hydrogen (secondary N) is 2. The molecule has 1 rings (SSSR count). The molecule has 4 N–H and O–H groups in total. The van der Waals surface area contributed by atoms with Gasteiger partial charge in [0.2, 0.25) is 0 Å². The van der Waals surface area contributed by atoms with E-state index in [1.807, 2.05) is 6.92 Å². The van der Waals surface area contributed by atoms with Gasteiger partial charge in [0.05, 0.1) is 18.3 Å². The first-order valence-electron chi connectivity index (χ1n) is 5.13. The summed E-state index contributed by atoms with van der Waals surface area (Å²) >= 11 is 0. The summed E-state index contributed by atoms with van der Waals surface area (Å²) in [4.78, 5) is 11.4. The molecular weight excluding hydrogens is 208 g/mol. The van der Waals surface area contributed by atoms with Crippen LogP contribution in [0.5, 0.6) is 5.75 Å². The number of aliphatic hydroxyl groups excluding tert-OH is 1. The van der Waals surface area contributed by atoms with Gasteiger partial charge in [-0.2, -0.15) is 0 Å². The molecule has 0 bridgehead atoms. The SMILES string of the molecule is CCC(CO)NC(=O)Nc1ccccc1O. The average Bonchev–Trinajstić information content (AvgIpc) is 2.29. The monoisotopic (exact) mass is 224 g/mol. The van der Waals surface area contributed by atoms with Crippen molar-refractivity contribution in [2.24, 2.45) is 0 Å². The van der Waals surface area contributed by atoms with E-state index < -0.39 is 6.03 Å². The van der Waals surface area contributed by atoms with E-state index in [0.29, 0.717) is 12.1 Å². The number of carbonyl (C=O) groups excluding carboxylic acids is 1. The first-order valence-corrected chi connectivity index (χ1v) is 5.13. The van der Waals surface area contributed by atoms with E-state index in [-0.39, 0.29) is 18.4 Å². The fourth-order valence-corrected chi connectivity index (χ4v) is 1.20. The van der Waals surface area contributed by atoms with Crippen LogP contribution in [0.25, 0.3) is 0 Å². The molecule has 16 heavy (non-hydrogen) atoms. The van der Waals surface area contributed by atoms with Crippen molar-refractivity contribution in [2.75, 3.05) is 11.9 Å². The van der Waals surface area contributed by atoms with Crippen molar-refractivity contribution in [3.8, 4) is 5.75 Å². The van der Waals surface area contributed by atoms with Crippen molar-refractivity contribution < 1.29 is 15.0 Å².